The van der Waals surface area contributed by atoms with Gasteiger partial charge in [-0.25, -0.2) is 0 Å². The van der Waals surface area contributed by atoms with Crippen molar-refractivity contribution in [2.45, 2.75) is 52.6 Å². The van der Waals surface area contributed by atoms with Crippen molar-refractivity contribution >= 4 is 0 Å². The Kier molecular flexibility index (Phi) is 6.39. The van der Waals surface area contributed by atoms with Gasteiger partial charge in [0.2, 0.25) is 0 Å². The van der Waals surface area contributed by atoms with Gasteiger partial charge in [0.25, 0.3) is 0 Å². The van der Waals surface area contributed by atoms with Crippen LogP contribution < -0.4 is 5.73 Å². The molecule has 1 saturated heterocycles. The van der Waals surface area contributed by atoms with Gasteiger partial charge in [0.15, 0.2) is 0 Å². The number of nitrogens with two attached hydrogens (primary N) is 1. The molecule has 0 aliphatic carbocycles. The standard InChI is InChI=1S/C7H16N2.C3H8/c1-6(2)9-4-3-7(8)5-9;1-3-2/h6-7H,3-5,8H2,1-2H3;3H2,1-2H3. The molecule has 1 aliphatic rings. The maximum atomic E-state index is 5.72. The summed E-state index contributed by atoms with van der Waals surface area (Å²) in [5, 5.41) is 0. The molecular weight excluding hydrogens is 148 g/mol. The zero-order valence-electron chi connectivity index (χ0n) is 9.01. The van der Waals surface area contributed by atoms with Gasteiger partial charge in [-0.3, -0.25) is 4.90 Å². The zero-order chi connectivity index (χ0) is 9.56. The summed E-state index contributed by atoms with van der Waals surface area (Å²) in [4.78, 5) is 2.42. The quantitative estimate of drug-likeness (QED) is 0.654. The third-order valence-electron chi connectivity index (χ3n) is 1.99. The third-order valence-corrected chi connectivity index (χ3v) is 1.99. The molecule has 74 valence electrons. The van der Waals surface area contributed by atoms with Crippen LogP contribution >= 0.6 is 0 Å². The Balaban J connectivity index is 0.000000354. The van der Waals surface area contributed by atoms with Gasteiger partial charge in [0, 0.05) is 18.6 Å². The fraction of sp³-hybridized carbons (Fsp3) is 1.00. The van der Waals surface area contributed by atoms with Gasteiger partial charge >= 0.3 is 0 Å². The molecule has 0 aromatic heterocycles. The number of hydrogen-bond donors (Lipinski definition) is 1. The topological polar surface area (TPSA) is 29.3 Å². The Morgan fingerprint density at radius 1 is 1.42 bits per heavy atom. The van der Waals surface area contributed by atoms with Crippen molar-refractivity contribution in [3.8, 4) is 0 Å². The van der Waals surface area contributed by atoms with E-state index in [-0.39, 0.29) is 0 Å². The van der Waals surface area contributed by atoms with E-state index in [2.05, 4.69) is 32.6 Å². The molecule has 0 bridgehead atoms. The summed E-state index contributed by atoms with van der Waals surface area (Å²) in [7, 11) is 0. The fourth-order valence-corrected chi connectivity index (χ4v) is 1.28. The highest BCUT2D eigenvalue weighted by atomic mass is 15.2. The van der Waals surface area contributed by atoms with E-state index in [1.54, 1.807) is 0 Å². The molecule has 0 aromatic carbocycles. The van der Waals surface area contributed by atoms with Crippen molar-refractivity contribution in [3.05, 3.63) is 0 Å². The van der Waals surface area contributed by atoms with Crippen LogP contribution in [0.3, 0.4) is 0 Å². The van der Waals surface area contributed by atoms with E-state index in [0.29, 0.717) is 12.1 Å². The highest BCUT2D eigenvalue weighted by Crippen LogP contribution is 2.09. The highest BCUT2D eigenvalue weighted by molar-refractivity contribution is 4.79. The molecule has 0 radical (unpaired) electrons. The van der Waals surface area contributed by atoms with E-state index in [1.807, 2.05) is 0 Å². The number of rotatable bonds is 1. The van der Waals surface area contributed by atoms with Crippen LogP contribution in [0.15, 0.2) is 0 Å². The van der Waals surface area contributed by atoms with Crippen LogP contribution in [0.25, 0.3) is 0 Å². The van der Waals surface area contributed by atoms with E-state index in [1.165, 1.54) is 19.4 Å². The van der Waals surface area contributed by atoms with Crippen LogP contribution in [0.2, 0.25) is 0 Å². The lowest BCUT2D eigenvalue weighted by Crippen LogP contribution is -2.31. The number of nitrogens with zero attached hydrogens (tertiary/aromatic N) is 1. The highest BCUT2D eigenvalue weighted by Gasteiger charge is 2.20. The average molecular weight is 172 g/mol. The molecule has 1 atom stereocenters. The SMILES string of the molecule is CC(C)N1CCC(N)C1.CCC. The van der Waals surface area contributed by atoms with Crippen molar-refractivity contribution in [1.82, 2.24) is 4.90 Å². The number of likely N-dealkylation sites (tertiary alicyclic amines) is 1. The van der Waals surface area contributed by atoms with Crippen LogP contribution in [-0.4, -0.2) is 30.1 Å². The van der Waals surface area contributed by atoms with Crippen molar-refractivity contribution in [2.24, 2.45) is 5.73 Å². The normalized spacial score (nSPS) is 24.0. The van der Waals surface area contributed by atoms with Crippen molar-refractivity contribution in [3.63, 3.8) is 0 Å². The van der Waals surface area contributed by atoms with Crippen molar-refractivity contribution in [2.75, 3.05) is 13.1 Å². The summed E-state index contributed by atoms with van der Waals surface area (Å²) in [6, 6.07) is 1.12. The first-order chi connectivity index (χ1) is 5.61. The molecule has 1 aliphatic heterocycles. The number of hydrogen-bond acceptors (Lipinski definition) is 2. The Bertz CT molecular complexity index is 102. The van der Waals surface area contributed by atoms with Gasteiger partial charge in [-0.2, -0.15) is 0 Å². The van der Waals surface area contributed by atoms with E-state index in [4.69, 9.17) is 5.73 Å². The first-order valence-corrected chi connectivity index (χ1v) is 5.11. The summed E-state index contributed by atoms with van der Waals surface area (Å²) >= 11 is 0. The van der Waals surface area contributed by atoms with Crippen LogP contribution in [0.5, 0.6) is 0 Å². The Morgan fingerprint density at radius 2 is 1.92 bits per heavy atom. The predicted octanol–water partition coefficient (Wildman–Crippen LogP) is 1.84. The molecule has 2 N–H and O–H groups in total. The summed E-state index contributed by atoms with van der Waals surface area (Å²) in [5.41, 5.74) is 5.72. The largest absolute Gasteiger partial charge is 0.326 e. The van der Waals surface area contributed by atoms with Crippen LogP contribution in [0.1, 0.15) is 40.5 Å². The lowest BCUT2D eigenvalue weighted by atomic mass is 10.3. The van der Waals surface area contributed by atoms with Crippen LogP contribution in [-0.2, 0) is 0 Å². The summed E-state index contributed by atoms with van der Waals surface area (Å²) in [6.07, 6.45) is 2.43. The molecule has 0 aromatic rings. The first kappa shape index (κ1) is 11.9. The smallest absolute Gasteiger partial charge is 0.0180 e. The second-order valence-corrected chi connectivity index (χ2v) is 3.84. The lowest BCUT2D eigenvalue weighted by Gasteiger charge is -2.19. The zero-order valence-corrected chi connectivity index (χ0v) is 9.01. The monoisotopic (exact) mass is 172 g/mol. The minimum absolute atomic E-state index is 0.437. The van der Waals surface area contributed by atoms with E-state index in [9.17, 15) is 0 Å². The maximum absolute atomic E-state index is 5.72. The van der Waals surface area contributed by atoms with Crippen LogP contribution in [0, 0.1) is 0 Å². The van der Waals surface area contributed by atoms with Gasteiger partial charge in [-0.15, -0.1) is 0 Å². The molecule has 1 fully saturated rings. The van der Waals surface area contributed by atoms with E-state index >= 15 is 0 Å². The second-order valence-electron chi connectivity index (χ2n) is 3.84. The Morgan fingerprint density at radius 3 is 2.08 bits per heavy atom. The van der Waals surface area contributed by atoms with E-state index < -0.39 is 0 Å². The fourth-order valence-electron chi connectivity index (χ4n) is 1.28. The van der Waals surface area contributed by atoms with Gasteiger partial charge < -0.3 is 5.73 Å². The minimum Gasteiger partial charge on any atom is -0.326 e. The van der Waals surface area contributed by atoms with Crippen molar-refractivity contribution < 1.29 is 0 Å². The predicted molar refractivity (Wildman–Crippen MR) is 55.3 cm³/mol. The second kappa shape index (κ2) is 6.44. The lowest BCUT2D eigenvalue weighted by molar-refractivity contribution is 0.272. The van der Waals surface area contributed by atoms with Crippen LogP contribution in [0.4, 0.5) is 0 Å². The third kappa shape index (κ3) is 4.73. The molecule has 0 amide bonds. The van der Waals surface area contributed by atoms with Crippen molar-refractivity contribution in [1.29, 1.82) is 0 Å². The Labute approximate surface area is 77.1 Å². The maximum Gasteiger partial charge on any atom is 0.0180 e. The van der Waals surface area contributed by atoms with E-state index in [0.717, 1.165) is 6.54 Å². The van der Waals surface area contributed by atoms with Gasteiger partial charge in [-0.05, 0) is 26.8 Å². The molecule has 2 nitrogen and oxygen atoms in total. The first-order valence-electron chi connectivity index (χ1n) is 5.11. The van der Waals surface area contributed by atoms with Gasteiger partial charge in [0.05, 0.1) is 0 Å². The molecule has 2 heteroatoms. The molecular formula is C10H24N2. The molecule has 0 spiro atoms. The average Bonchev–Trinajstić information content (AvgIpc) is 2.37. The molecule has 12 heavy (non-hydrogen) atoms. The minimum atomic E-state index is 0.437. The summed E-state index contributed by atoms with van der Waals surface area (Å²) < 4.78 is 0. The molecule has 1 rings (SSSR count). The summed E-state index contributed by atoms with van der Waals surface area (Å²) in [6.45, 7) is 11.0. The Hall–Kier alpha value is -0.0800. The van der Waals surface area contributed by atoms with Gasteiger partial charge in [-0.1, -0.05) is 20.3 Å². The van der Waals surface area contributed by atoms with Gasteiger partial charge in [0.1, 0.15) is 0 Å². The summed E-state index contributed by atoms with van der Waals surface area (Å²) in [5.74, 6) is 0. The molecule has 1 heterocycles. The molecule has 1 unspecified atom stereocenters. The molecule has 0 saturated carbocycles.